The van der Waals surface area contributed by atoms with Gasteiger partial charge in [-0.05, 0) is 36.2 Å². The Kier molecular flexibility index (Phi) is 7.51. The second kappa shape index (κ2) is 9.87. The predicted octanol–water partition coefficient (Wildman–Crippen LogP) is 3.19. The van der Waals surface area contributed by atoms with Crippen LogP contribution in [0.1, 0.15) is 15.9 Å². The van der Waals surface area contributed by atoms with E-state index >= 15 is 0 Å². The summed E-state index contributed by atoms with van der Waals surface area (Å²) in [7, 11) is 1.61. The van der Waals surface area contributed by atoms with Gasteiger partial charge in [0.15, 0.2) is 0 Å². The van der Waals surface area contributed by atoms with E-state index in [0.717, 1.165) is 11.3 Å². The van der Waals surface area contributed by atoms with E-state index < -0.39 is 12.1 Å². The molecular formula is C20H22ClNO3. The molecule has 0 aromatic heterocycles. The summed E-state index contributed by atoms with van der Waals surface area (Å²) < 4.78 is 5.15. The van der Waals surface area contributed by atoms with Crippen molar-refractivity contribution in [2.45, 2.75) is 18.6 Å². The van der Waals surface area contributed by atoms with Gasteiger partial charge in [0.2, 0.25) is 0 Å². The van der Waals surface area contributed by atoms with Crippen LogP contribution in [0.25, 0.3) is 0 Å². The summed E-state index contributed by atoms with van der Waals surface area (Å²) >= 11 is 5.65. The van der Waals surface area contributed by atoms with Crippen LogP contribution in [-0.4, -0.2) is 36.1 Å². The van der Waals surface area contributed by atoms with Crippen molar-refractivity contribution in [3.05, 3.63) is 77.9 Å². The number of amides is 1. The normalized spacial score (nSPS) is 13.4. The Balaban J connectivity index is 2.14. The van der Waals surface area contributed by atoms with Crippen LogP contribution in [0.3, 0.4) is 0 Å². The number of allylic oxidation sites excluding steroid dienone is 1. The number of carbonyl (C=O) groups is 1. The molecule has 0 aliphatic rings. The van der Waals surface area contributed by atoms with Gasteiger partial charge in [0.1, 0.15) is 5.75 Å². The van der Waals surface area contributed by atoms with Gasteiger partial charge in [-0.1, -0.05) is 42.5 Å². The molecule has 132 valence electrons. The molecule has 0 heterocycles. The standard InChI is InChI=1S/C20H22ClNO3/c1-25-17-11-9-15(10-12-17)14-18(19(23)8-5-13-21)22-20(24)16-6-3-2-4-7-16/h2-12,18-19,23H,13-14H2,1H3,(H,22,24)/b8-5-/t18-,19+/m1/s1. The summed E-state index contributed by atoms with van der Waals surface area (Å²) in [5, 5.41) is 13.3. The second-order valence-electron chi connectivity index (χ2n) is 5.57. The molecule has 2 aromatic carbocycles. The van der Waals surface area contributed by atoms with Gasteiger partial charge in [0.05, 0.1) is 19.3 Å². The van der Waals surface area contributed by atoms with Crippen molar-refractivity contribution >= 4 is 17.5 Å². The number of nitrogens with one attached hydrogen (secondary N) is 1. The van der Waals surface area contributed by atoms with E-state index in [0.29, 0.717) is 17.9 Å². The van der Waals surface area contributed by atoms with Gasteiger partial charge in [0, 0.05) is 11.4 Å². The predicted molar refractivity (Wildman–Crippen MR) is 100 cm³/mol. The number of methoxy groups -OCH3 is 1. The maximum atomic E-state index is 12.4. The van der Waals surface area contributed by atoms with Crippen molar-refractivity contribution < 1.29 is 14.6 Å². The average Bonchev–Trinajstić information content (AvgIpc) is 2.66. The molecule has 2 aromatic rings. The first-order chi connectivity index (χ1) is 12.1. The molecule has 0 fully saturated rings. The molecule has 0 spiro atoms. The fourth-order valence-electron chi connectivity index (χ4n) is 2.44. The number of alkyl halides is 1. The number of aliphatic hydroxyl groups excluding tert-OH is 1. The van der Waals surface area contributed by atoms with E-state index in [1.54, 1.807) is 43.5 Å². The van der Waals surface area contributed by atoms with Crippen molar-refractivity contribution in [1.82, 2.24) is 5.32 Å². The fraction of sp³-hybridized carbons (Fsp3) is 0.250. The summed E-state index contributed by atoms with van der Waals surface area (Å²) in [6.45, 7) is 0. The minimum absolute atomic E-state index is 0.225. The van der Waals surface area contributed by atoms with E-state index in [2.05, 4.69) is 5.32 Å². The van der Waals surface area contributed by atoms with Crippen LogP contribution in [0.4, 0.5) is 0 Å². The molecule has 25 heavy (non-hydrogen) atoms. The molecule has 0 aliphatic carbocycles. The molecular weight excluding hydrogens is 338 g/mol. The topological polar surface area (TPSA) is 58.6 Å². The Morgan fingerprint density at radius 1 is 1.20 bits per heavy atom. The minimum atomic E-state index is -0.839. The van der Waals surface area contributed by atoms with Crippen molar-refractivity contribution in [3.8, 4) is 5.75 Å². The lowest BCUT2D eigenvalue weighted by atomic mass is 10.00. The third-order valence-corrected chi connectivity index (χ3v) is 3.98. The maximum absolute atomic E-state index is 12.4. The first kappa shape index (κ1) is 19.0. The molecule has 0 saturated carbocycles. The number of hydrogen-bond donors (Lipinski definition) is 2. The molecule has 0 aliphatic heterocycles. The number of benzene rings is 2. The van der Waals surface area contributed by atoms with Gasteiger partial charge in [-0.15, -0.1) is 11.6 Å². The van der Waals surface area contributed by atoms with E-state index in [4.69, 9.17) is 16.3 Å². The van der Waals surface area contributed by atoms with Gasteiger partial charge < -0.3 is 15.2 Å². The highest BCUT2D eigenvalue weighted by molar-refractivity contribution is 6.18. The van der Waals surface area contributed by atoms with Crippen LogP contribution in [0.5, 0.6) is 5.75 Å². The van der Waals surface area contributed by atoms with Crippen LogP contribution in [0.15, 0.2) is 66.7 Å². The highest BCUT2D eigenvalue weighted by atomic mass is 35.5. The number of aliphatic hydroxyl groups is 1. The SMILES string of the molecule is COc1ccc(C[C@@H](NC(=O)c2ccccc2)[C@@H](O)/C=C\CCl)cc1. The maximum Gasteiger partial charge on any atom is 0.251 e. The van der Waals surface area contributed by atoms with Crippen LogP contribution in [0, 0.1) is 0 Å². The van der Waals surface area contributed by atoms with Crippen LogP contribution in [-0.2, 0) is 6.42 Å². The molecule has 2 atom stereocenters. The number of rotatable bonds is 8. The highest BCUT2D eigenvalue weighted by Crippen LogP contribution is 2.14. The number of carbonyl (C=O) groups excluding carboxylic acids is 1. The lowest BCUT2D eigenvalue weighted by molar-refractivity contribution is 0.0884. The zero-order valence-electron chi connectivity index (χ0n) is 14.1. The summed E-state index contributed by atoms with van der Waals surface area (Å²) in [6.07, 6.45) is 2.92. The summed E-state index contributed by atoms with van der Waals surface area (Å²) in [5.74, 6) is 0.840. The Bertz CT molecular complexity index is 686. The Labute approximate surface area is 153 Å². The molecule has 2 rings (SSSR count). The van der Waals surface area contributed by atoms with Gasteiger partial charge in [0.25, 0.3) is 5.91 Å². The monoisotopic (exact) mass is 359 g/mol. The van der Waals surface area contributed by atoms with E-state index in [-0.39, 0.29) is 5.91 Å². The van der Waals surface area contributed by atoms with Gasteiger partial charge in [-0.3, -0.25) is 4.79 Å². The van der Waals surface area contributed by atoms with Crippen LogP contribution >= 0.6 is 11.6 Å². The van der Waals surface area contributed by atoms with Gasteiger partial charge >= 0.3 is 0 Å². The van der Waals surface area contributed by atoms with Crippen molar-refractivity contribution in [1.29, 1.82) is 0 Å². The first-order valence-electron chi connectivity index (χ1n) is 8.03. The van der Waals surface area contributed by atoms with Crippen LogP contribution < -0.4 is 10.1 Å². The fourth-order valence-corrected chi connectivity index (χ4v) is 2.54. The van der Waals surface area contributed by atoms with Crippen LogP contribution in [0.2, 0.25) is 0 Å². The zero-order chi connectivity index (χ0) is 18.1. The molecule has 5 heteroatoms. The van der Waals surface area contributed by atoms with Gasteiger partial charge in [-0.25, -0.2) is 0 Å². The lowest BCUT2D eigenvalue weighted by Gasteiger charge is -2.22. The summed E-state index contributed by atoms with van der Waals surface area (Å²) in [6, 6.07) is 16.0. The Morgan fingerprint density at radius 3 is 2.48 bits per heavy atom. The van der Waals surface area contributed by atoms with E-state index in [9.17, 15) is 9.90 Å². The quantitative estimate of drug-likeness (QED) is 0.562. The van der Waals surface area contributed by atoms with E-state index in [1.165, 1.54) is 0 Å². The largest absolute Gasteiger partial charge is 0.497 e. The third-order valence-electron chi connectivity index (χ3n) is 3.80. The lowest BCUT2D eigenvalue weighted by Crippen LogP contribution is -2.44. The molecule has 2 N–H and O–H groups in total. The molecule has 4 nitrogen and oxygen atoms in total. The third kappa shape index (κ3) is 5.93. The minimum Gasteiger partial charge on any atom is -0.497 e. The average molecular weight is 360 g/mol. The summed E-state index contributed by atoms with van der Waals surface area (Å²) in [5.41, 5.74) is 1.54. The zero-order valence-corrected chi connectivity index (χ0v) is 14.8. The molecule has 0 radical (unpaired) electrons. The second-order valence-corrected chi connectivity index (χ2v) is 5.88. The molecule has 0 bridgehead atoms. The smallest absolute Gasteiger partial charge is 0.251 e. The highest BCUT2D eigenvalue weighted by Gasteiger charge is 2.20. The first-order valence-corrected chi connectivity index (χ1v) is 8.57. The Hall–Kier alpha value is -2.30. The molecule has 0 saturated heterocycles. The number of hydrogen-bond acceptors (Lipinski definition) is 3. The van der Waals surface area contributed by atoms with Crippen molar-refractivity contribution in [3.63, 3.8) is 0 Å². The number of ether oxygens (including phenoxy) is 1. The van der Waals surface area contributed by atoms with Crippen molar-refractivity contribution in [2.24, 2.45) is 0 Å². The Morgan fingerprint density at radius 2 is 1.88 bits per heavy atom. The van der Waals surface area contributed by atoms with E-state index in [1.807, 2.05) is 30.3 Å². The molecule has 1 amide bonds. The van der Waals surface area contributed by atoms with Crippen molar-refractivity contribution in [2.75, 3.05) is 13.0 Å². The summed E-state index contributed by atoms with van der Waals surface area (Å²) in [4.78, 5) is 12.4. The molecule has 0 unspecified atom stereocenters. The number of halogens is 1. The van der Waals surface area contributed by atoms with Gasteiger partial charge in [-0.2, -0.15) is 0 Å².